The molecule has 160 valence electrons. The Morgan fingerprint density at radius 3 is 2.39 bits per heavy atom. The van der Waals surface area contributed by atoms with Crippen LogP contribution < -0.4 is 20.7 Å². The van der Waals surface area contributed by atoms with Crippen molar-refractivity contribution in [2.45, 2.75) is 13.3 Å². The lowest BCUT2D eigenvalue weighted by molar-refractivity contribution is 0.102. The Labute approximate surface area is 185 Å². The molecular weight excluding hydrogens is 414 g/mol. The van der Waals surface area contributed by atoms with E-state index in [1.807, 2.05) is 53.4 Å². The molecule has 0 spiro atoms. The van der Waals surface area contributed by atoms with E-state index in [0.717, 1.165) is 30.2 Å². The number of para-hydroxylation sites is 1. The lowest BCUT2D eigenvalue weighted by Crippen LogP contribution is -2.47. The van der Waals surface area contributed by atoms with Gasteiger partial charge in [-0.15, -0.1) is 0 Å². The number of carbonyl (C=O) groups is 1. The molecule has 0 aliphatic carbocycles. The van der Waals surface area contributed by atoms with Crippen molar-refractivity contribution in [1.82, 2.24) is 9.97 Å². The molecule has 31 heavy (non-hydrogen) atoms. The number of nitrogens with one attached hydrogen (secondary N) is 2. The molecule has 0 bridgehead atoms. The third-order valence-electron chi connectivity index (χ3n) is 5.42. The molecule has 2 N–H and O–H groups in total. The standard InChI is InChI=1S/C23H24ClN5O2/c1-2-16-7-9-17(10-8-16)26-21(30)18-15-25-23(27-22(18)31)29-13-11-28(12-14-29)20-6-4-3-5-19(20)24/h3-10,15H,2,11-14H2,1H3,(H,26,30)(H,25,27,31). The molecule has 1 aliphatic heterocycles. The maximum Gasteiger partial charge on any atom is 0.265 e. The number of piperazine rings is 1. The summed E-state index contributed by atoms with van der Waals surface area (Å²) in [5, 5.41) is 3.47. The Bertz CT molecular complexity index is 1120. The van der Waals surface area contributed by atoms with E-state index in [1.54, 1.807) is 0 Å². The largest absolute Gasteiger partial charge is 0.367 e. The van der Waals surface area contributed by atoms with Gasteiger partial charge in [-0.25, -0.2) is 4.98 Å². The summed E-state index contributed by atoms with van der Waals surface area (Å²) in [7, 11) is 0. The van der Waals surface area contributed by atoms with E-state index in [0.29, 0.717) is 24.7 Å². The van der Waals surface area contributed by atoms with Gasteiger partial charge in [0.15, 0.2) is 0 Å². The van der Waals surface area contributed by atoms with E-state index in [2.05, 4.69) is 27.1 Å². The molecule has 4 rings (SSSR count). The Kier molecular flexibility index (Phi) is 6.23. The van der Waals surface area contributed by atoms with Crippen molar-refractivity contribution in [3.63, 3.8) is 0 Å². The number of H-pyrrole nitrogens is 1. The van der Waals surface area contributed by atoms with E-state index in [9.17, 15) is 9.59 Å². The third-order valence-corrected chi connectivity index (χ3v) is 5.74. The van der Waals surface area contributed by atoms with Gasteiger partial charge in [0.05, 0.1) is 10.7 Å². The van der Waals surface area contributed by atoms with Gasteiger partial charge in [0.1, 0.15) is 5.56 Å². The predicted octanol–water partition coefficient (Wildman–Crippen LogP) is 3.56. The first-order valence-electron chi connectivity index (χ1n) is 10.3. The fraction of sp³-hybridized carbons (Fsp3) is 0.261. The summed E-state index contributed by atoms with van der Waals surface area (Å²) in [6.45, 7) is 4.94. The van der Waals surface area contributed by atoms with Crippen molar-refractivity contribution < 1.29 is 4.79 Å². The van der Waals surface area contributed by atoms with Crippen LogP contribution in [0.3, 0.4) is 0 Å². The van der Waals surface area contributed by atoms with Crippen molar-refractivity contribution in [3.8, 4) is 0 Å². The topological polar surface area (TPSA) is 81.3 Å². The predicted molar refractivity (Wildman–Crippen MR) is 125 cm³/mol. The van der Waals surface area contributed by atoms with Crippen LogP contribution in [0.4, 0.5) is 17.3 Å². The van der Waals surface area contributed by atoms with Gasteiger partial charge in [-0.1, -0.05) is 42.8 Å². The van der Waals surface area contributed by atoms with E-state index >= 15 is 0 Å². The van der Waals surface area contributed by atoms with Crippen LogP contribution in [0, 0.1) is 0 Å². The Hall–Kier alpha value is -3.32. The SMILES string of the molecule is CCc1ccc(NC(=O)c2cnc(N3CCN(c4ccccc4Cl)CC3)[nH]c2=O)cc1. The minimum atomic E-state index is -0.479. The smallest absolute Gasteiger partial charge is 0.265 e. The minimum absolute atomic E-state index is 0.0157. The maximum atomic E-state index is 12.5. The molecule has 1 aromatic heterocycles. The van der Waals surface area contributed by atoms with Crippen LogP contribution >= 0.6 is 11.6 Å². The molecule has 8 heteroatoms. The van der Waals surface area contributed by atoms with Gasteiger partial charge in [-0.05, 0) is 36.2 Å². The summed E-state index contributed by atoms with van der Waals surface area (Å²) in [5.41, 5.74) is 2.35. The molecule has 1 fully saturated rings. The molecular formula is C23H24ClN5O2. The molecule has 1 saturated heterocycles. The van der Waals surface area contributed by atoms with E-state index in [4.69, 9.17) is 11.6 Å². The number of hydrogen-bond donors (Lipinski definition) is 2. The van der Waals surface area contributed by atoms with Gasteiger partial charge in [-0.3, -0.25) is 14.6 Å². The van der Waals surface area contributed by atoms with E-state index < -0.39 is 11.5 Å². The first-order chi connectivity index (χ1) is 15.0. The van der Waals surface area contributed by atoms with E-state index in [-0.39, 0.29) is 5.56 Å². The number of halogens is 1. The second-order valence-electron chi connectivity index (χ2n) is 7.38. The quantitative estimate of drug-likeness (QED) is 0.637. The van der Waals surface area contributed by atoms with Crippen LogP contribution in [0.25, 0.3) is 0 Å². The molecule has 0 atom stereocenters. The summed E-state index contributed by atoms with van der Waals surface area (Å²) in [5.74, 6) is -0.0132. The zero-order valence-electron chi connectivity index (χ0n) is 17.3. The fourth-order valence-corrected chi connectivity index (χ4v) is 3.85. The van der Waals surface area contributed by atoms with Gasteiger partial charge >= 0.3 is 0 Å². The minimum Gasteiger partial charge on any atom is -0.367 e. The van der Waals surface area contributed by atoms with Crippen molar-refractivity contribution in [1.29, 1.82) is 0 Å². The van der Waals surface area contributed by atoms with Crippen LogP contribution in [0.15, 0.2) is 59.5 Å². The van der Waals surface area contributed by atoms with Gasteiger partial charge in [0.25, 0.3) is 11.5 Å². The van der Waals surface area contributed by atoms with Crippen LogP contribution in [0.2, 0.25) is 5.02 Å². The lowest BCUT2D eigenvalue weighted by Gasteiger charge is -2.36. The van der Waals surface area contributed by atoms with E-state index in [1.165, 1.54) is 11.8 Å². The summed E-state index contributed by atoms with van der Waals surface area (Å²) in [6, 6.07) is 15.3. The highest BCUT2D eigenvalue weighted by Crippen LogP contribution is 2.26. The number of rotatable bonds is 5. The van der Waals surface area contributed by atoms with Crippen LogP contribution in [0.5, 0.6) is 0 Å². The van der Waals surface area contributed by atoms with Gasteiger partial charge in [0, 0.05) is 38.1 Å². The first kappa shape index (κ1) is 20.9. The number of carbonyl (C=O) groups excluding carboxylic acids is 1. The molecule has 3 aromatic rings. The molecule has 0 unspecified atom stereocenters. The Balaban J connectivity index is 1.41. The highest BCUT2D eigenvalue weighted by molar-refractivity contribution is 6.33. The van der Waals surface area contributed by atoms with Crippen molar-refractivity contribution in [2.24, 2.45) is 0 Å². The number of benzene rings is 2. The molecule has 1 amide bonds. The highest BCUT2D eigenvalue weighted by Gasteiger charge is 2.21. The molecule has 2 aromatic carbocycles. The molecule has 0 radical (unpaired) electrons. The summed E-state index contributed by atoms with van der Waals surface area (Å²) in [6.07, 6.45) is 2.26. The van der Waals surface area contributed by atoms with Crippen LogP contribution in [0.1, 0.15) is 22.8 Å². The number of hydrogen-bond acceptors (Lipinski definition) is 5. The zero-order valence-corrected chi connectivity index (χ0v) is 18.0. The number of anilines is 3. The fourth-order valence-electron chi connectivity index (χ4n) is 3.60. The number of nitrogens with zero attached hydrogens (tertiary/aromatic N) is 3. The molecule has 0 saturated carbocycles. The summed E-state index contributed by atoms with van der Waals surface area (Å²) in [4.78, 5) is 36.3. The number of aromatic nitrogens is 2. The molecule has 7 nitrogen and oxygen atoms in total. The molecule has 1 aliphatic rings. The average Bonchev–Trinajstić information content (AvgIpc) is 2.80. The Morgan fingerprint density at radius 1 is 1.06 bits per heavy atom. The van der Waals surface area contributed by atoms with Gasteiger partial charge in [0.2, 0.25) is 5.95 Å². The first-order valence-corrected chi connectivity index (χ1v) is 10.7. The monoisotopic (exact) mass is 437 g/mol. The normalized spacial score (nSPS) is 13.9. The van der Waals surface area contributed by atoms with Crippen molar-refractivity contribution >= 4 is 34.8 Å². The van der Waals surface area contributed by atoms with Crippen LogP contribution in [-0.4, -0.2) is 42.1 Å². The second kappa shape index (κ2) is 9.22. The second-order valence-corrected chi connectivity index (χ2v) is 7.79. The molecule has 2 heterocycles. The van der Waals surface area contributed by atoms with Crippen LogP contribution in [-0.2, 0) is 6.42 Å². The Morgan fingerprint density at radius 2 is 1.74 bits per heavy atom. The summed E-state index contributed by atoms with van der Waals surface area (Å²) < 4.78 is 0. The summed E-state index contributed by atoms with van der Waals surface area (Å²) >= 11 is 6.30. The highest BCUT2D eigenvalue weighted by atomic mass is 35.5. The van der Waals surface area contributed by atoms with Gasteiger partial charge in [-0.2, -0.15) is 0 Å². The number of aromatic amines is 1. The van der Waals surface area contributed by atoms with Gasteiger partial charge < -0.3 is 15.1 Å². The lowest BCUT2D eigenvalue weighted by atomic mass is 10.1. The zero-order chi connectivity index (χ0) is 21.8. The maximum absolute atomic E-state index is 12.5. The third kappa shape index (κ3) is 4.72. The number of amides is 1. The average molecular weight is 438 g/mol. The number of aryl methyl sites for hydroxylation is 1. The van der Waals surface area contributed by atoms with Crippen molar-refractivity contribution in [3.05, 3.63) is 81.2 Å². The van der Waals surface area contributed by atoms with Crippen molar-refractivity contribution in [2.75, 3.05) is 41.3 Å².